The quantitative estimate of drug-likeness (QED) is 0.605. The molecule has 1 N–H and O–H groups in total. The van der Waals surface area contributed by atoms with Crippen LogP contribution in [0.15, 0.2) is 49.1 Å². The third-order valence-corrected chi connectivity index (χ3v) is 5.13. The Morgan fingerprint density at radius 1 is 1.12 bits per heavy atom. The first-order valence-corrected chi connectivity index (χ1v) is 8.54. The van der Waals surface area contributed by atoms with Gasteiger partial charge in [-0.2, -0.15) is 0 Å². The molecule has 0 spiro atoms. The molecule has 1 aliphatic rings. The highest BCUT2D eigenvalue weighted by Crippen LogP contribution is 2.32. The molecule has 1 aliphatic carbocycles. The average molecular weight is 314 g/mol. The Morgan fingerprint density at radius 3 is 2.96 bits per heavy atom. The van der Waals surface area contributed by atoms with Crippen molar-refractivity contribution >= 4 is 21.9 Å². The number of rotatable bonds is 3. The van der Waals surface area contributed by atoms with Crippen LogP contribution in [0.4, 0.5) is 0 Å². The summed E-state index contributed by atoms with van der Waals surface area (Å²) < 4.78 is 0. The fourth-order valence-corrected chi connectivity index (χ4v) is 3.54. The van der Waals surface area contributed by atoms with E-state index in [1.54, 1.807) is 6.33 Å². The summed E-state index contributed by atoms with van der Waals surface area (Å²) in [5.74, 6) is 0.838. The first kappa shape index (κ1) is 13.7. The Kier molecular flexibility index (Phi) is 3.08. The molecule has 0 saturated heterocycles. The molecule has 0 bridgehead atoms. The van der Waals surface area contributed by atoms with Gasteiger partial charge < -0.3 is 4.98 Å². The molecule has 4 aromatic rings. The van der Waals surface area contributed by atoms with Crippen molar-refractivity contribution in [2.24, 2.45) is 5.92 Å². The van der Waals surface area contributed by atoms with Crippen LogP contribution in [0, 0.1) is 5.92 Å². The molecule has 0 aliphatic heterocycles. The molecule has 1 fully saturated rings. The fourth-order valence-electron chi connectivity index (χ4n) is 3.54. The third-order valence-electron chi connectivity index (χ3n) is 5.13. The van der Waals surface area contributed by atoms with Crippen LogP contribution in [0.1, 0.15) is 25.0 Å². The zero-order chi connectivity index (χ0) is 15.9. The minimum absolute atomic E-state index is 0.838. The number of H-pyrrole nitrogens is 1. The summed E-state index contributed by atoms with van der Waals surface area (Å²) in [4.78, 5) is 16.6. The number of nitrogens with one attached hydrogen (secondary N) is 1. The number of aromatic amines is 1. The normalized spacial score (nSPS) is 15.0. The molecule has 1 aromatic carbocycles. The van der Waals surface area contributed by atoms with Gasteiger partial charge in [-0.1, -0.05) is 25.3 Å². The van der Waals surface area contributed by atoms with E-state index in [9.17, 15) is 0 Å². The lowest BCUT2D eigenvalue weighted by Gasteiger charge is -2.24. The fraction of sp³-hybridized carbons (Fsp3) is 0.250. The maximum absolute atomic E-state index is 4.83. The number of fused-ring (bicyclic) bond motifs is 2. The van der Waals surface area contributed by atoms with Gasteiger partial charge in [-0.15, -0.1) is 0 Å². The van der Waals surface area contributed by atoms with Crippen molar-refractivity contribution in [2.75, 3.05) is 0 Å². The summed E-state index contributed by atoms with van der Waals surface area (Å²) in [5, 5.41) is 2.22. The largest absolute Gasteiger partial charge is 0.346 e. The molecule has 4 heteroatoms. The van der Waals surface area contributed by atoms with Crippen molar-refractivity contribution in [2.45, 2.75) is 25.7 Å². The molecule has 118 valence electrons. The monoisotopic (exact) mass is 314 g/mol. The molecular formula is C20H18N4. The molecule has 4 nitrogen and oxygen atoms in total. The number of hydrogen-bond donors (Lipinski definition) is 1. The second kappa shape index (κ2) is 5.41. The molecular weight excluding hydrogens is 296 g/mol. The van der Waals surface area contributed by atoms with Gasteiger partial charge in [0.1, 0.15) is 12.0 Å². The lowest BCUT2D eigenvalue weighted by atomic mass is 9.82. The Bertz CT molecular complexity index is 1030. The molecule has 3 heterocycles. The van der Waals surface area contributed by atoms with Crippen LogP contribution in [-0.4, -0.2) is 19.9 Å². The van der Waals surface area contributed by atoms with Gasteiger partial charge in [0, 0.05) is 34.4 Å². The lowest BCUT2D eigenvalue weighted by Crippen LogP contribution is -2.14. The highest BCUT2D eigenvalue weighted by molar-refractivity contribution is 5.96. The molecule has 0 amide bonds. The Balaban J connectivity index is 1.55. The van der Waals surface area contributed by atoms with Crippen molar-refractivity contribution in [3.63, 3.8) is 0 Å². The standard InChI is InChI=1S/C20H18N4/c1-2-13(3-1)8-16-5-6-17-18(11-22-20(17)24-16)14-4-7-19-15(9-14)10-21-12-23-19/h4-7,9-13H,1-3,8H2,(H,22,24). The summed E-state index contributed by atoms with van der Waals surface area (Å²) in [6, 6.07) is 10.7. The predicted molar refractivity (Wildman–Crippen MR) is 95.7 cm³/mol. The van der Waals surface area contributed by atoms with E-state index in [0.717, 1.165) is 34.5 Å². The minimum Gasteiger partial charge on any atom is -0.346 e. The molecule has 3 aromatic heterocycles. The highest BCUT2D eigenvalue weighted by Gasteiger charge is 2.18. The summed E-state index contributed by atoms with van der Waals surface area (Å²) >= 11 is 0. The van der Waals surface area contributed by atoms with Crippen LogP contribution >= 0.6 is 0 Å². The molecule has 24 heavy (non-hydrogen) atoms. The maximum atomic E-state index is 4.83. The van der Waals surface area contributed by atoms with Crippen molar-refractivity contribution in [1.29, 1.82) is 0 Å². The number of benzene rings is 1. The Hall–Kier alpha value is -2.75. The predicted octanol–water partition coefficient (Wildman–Crippen LogP) is 4.52. The van der Waals surface area contributed by atoms with Gasteiger partial charge in [-0.3, -0.25) is 0 Å². The van der Waals surface area contributed by atoms with E-state index in [0.29, 0.717) is 0 Å². The van der Waals surface area contributed by atoms with E-state index in [-0.39, 0.29) is 0 Å². The summed E-state index contributed by atoms with van der Waals surface area (Å²) in [5.41, 5.74) is 5.49. The molecule has 0 unspecified atom stereocenters. The van der Waals surface area contributed by atoms with Gasteiger partial charge in [0.2, 0.25) is 0 Å². The van der Waals surface area contributed by atoms with Crippen molar-refractivity contribution in [3.8, 4) is 11.1 Å². The van der Waals surface area contributed by atoms with Crippen molar-refractivity contribution in [1.82, 2.24) is 19.9 Å². The van der Waals surface area contributed by atoms with Gasteiger partial charge in [0.25, 0.3) is 0 Å². The van der Waals surface area contributed by atoms with Crippen LogP contribution in [-0.2, 0) is 6.42 Å². The molecule has 0 radical (unpaired) electrons. The lowest BCUT2D eigenvalue weighted by molar-refractivity contribution is 0.312. The SMILES string of the molecule is c1ncc2cc(-c3c[nH]c4nc(CC5CCC5)ccc34)ccc2n1. The third kappa shape index (κ3) is 2.26. The number of hydrogen-bond acceptors (Lipinski definition) is 3. The maximum Gasteiger partial charge on any atom is 0.138 e. The number of aromatic nitrogens is 4. The first-order chi connectivity index (χ1) is 11.9. The number of pyridine rings is 1. The zero-order valence-electron chi connectivity index (χ0n) is 13.4. The Labute approximate surface area is 140 Å². The summed E-state index contributed by atoms with van der Waals surface area (Å²) in [6.07, 6.45) is 10.7. The van der Waals surface area contributed by atoms with Gasteiger partial charge in [0.05, 0.1) is 5.52 Å². The second-order valence-electron chi connectivity index (χ2n) is 6.70. The van der Waals surface area contributed by atoms with E-state index < -0.39 is 0 Å². The van der Waals surface area contributed by atoms with Crippen molar-refractivity contribution < 1.29 is 0 Å². The smallest absolute Gasteiger partial charge is 0.138 e. The highest BCUT2D eigenvalue weighted by atomic mass is 14.9. The molecule has 1 saturated carbocycles. The second-order valence-corrected chi connectivity index (χ2v) is 6.70. The topological polar surface area (TPSA) is 54.5 Å². The van der Waals surface area contributed by atoms with Gasteiger partial charge in [0.15, 0.2) is 0 Å². The van der Waals surface area contributed by atoms with Crippen LogP contribution in [0.2, 0.25) is 0 Å². The van der Waals surface area contributed by atoms with Gasteiger partial charge in [-0.25, -0.2) is 15.0 Å². The average Bonchev–Trinajstić information content (AvgIpc) is 3.01. The molecule has 0 atom stereocenters. The van der Waals surface area contributed by atoms with Crippen LogP contribution in [0.5, 0.6) is 0 Å². The minimum atomic E-state index is 0.838. The van der Waals surface area contributed by atoms with E-state index in [1.807, 2.05) is 12.3 Å². The van der Waals surface area contributed by atoms with Crippen molar-refractivity contribution in [3.05, 3.63) is 54.7 Å². The van der Waals surface area contributed by atoms with Crippen LogP contribution < -0.4 is 0 Å². The van der Waals surface area contributed by atoms with Gasteiger partial charge in [-0.05, 0) is 42.2 Å². The summed E-state index contributed by atoms with van der Waals surface area (Å²) in [7, 11) is 0. The Morgan fingerprint density at radius 2 is 2.08 bits per heavy atom. The summed E-state index contributed by atoms with van der Waals surface area (Å²) in [6.45, 7) is 0. The first-order valence-electron chi connectivity index (χ1n) is 8.54. The van der Waals surface area contributed by atoms with Crippen LogP contribution in [0.25, 0.3) is 33.1 Å². The van der Waals surface area contributed by atoms with Gasteiger partial charge >= 0.3 is 0 Å². The van der Waals surface area contributed by atoms with Crippen LogP contribution in [0.3, 0.4) is 0 Å². The van der Waals surface area contributed by atoms with E-state index in [2.05, 4.69) is 45.4 Å². The van der Waals surface area contributed by atoms with E-state index in [1.165, 1.54) is 35.9 Å². The van der Waals surface area contributed by atoms with E-state index in [4.69, 9.17) is 4.98 Å². The number of nitrogens with zero attached hydrogens (tertiary/aromatic N) is 3. The van der Waals surface area contributed by atoms with E-state index >= 15 is 0 Å². The molecule has 5 rings (SSSR count). The zero-order valence-corrected chi connectivity index (χ0v) is 13.4.